The number of aromatic nitrogens is 2. The van der Waals surface area contributed by atoms with E-state index in [2.05, 4.69) is 9.97 Å². The first-order chi connectivity index (χ1) is 68.4. The number of allylic oxidation sites excluding steroid dienone is 4. The lowest BCUT2D eigenvalue weighted by atomic mass is 9.97. The molecule has 32 bridgehead atoms. The minimum absolute atomic E-state index is 0.186. The van der Waals surface area contributed by atoms with Crippen LogP contribution in [0.5, 0.6) is 46.0 Å². The molecule has 0 amide bonds. The van der Waals surface area contributed by atoms with Crippen molar-refractivity contribution in [1.29, 1.82) is 0 Å². The second kappa shape index (κ2) is 36.0. The van der Waals surface area contributed by atoms with Crippen molar-refractivity contribution < 1.29 is 75.8 Å². The van der Waals surface area contributed by atoms with Crippen LogP contribution in [0.2, 0.25) is 40.2 Å². The van der Waals surface area contributed by atoms with Gasteiger partial charge in [-0.3, -0.25) is 0 Å². The van der Waals surface area contributed by atoms with Crippen molar-refractivity contribution in [2.24, 2.45) is 9.98 Å². The van der Waals surface area contributed by atoms with Gasteiger partial charge in [0.25, 0.3) is 0 Å². The van der Waals surface area contributed by atoms with Crippen LogP contribution in [-0.2, 0) is 61.0 Å². The van der Waals surface area contributed by atoms with Crippen LogP contribution >= 0.6 is 92.8 Å². The molecule has 14 aromatic rings. The standard InChI is InChI=1S/C112H78Cl8N4O16/c113-69-21-1-13-61(45-69)109(62-14-2-22-70(114)46-62)133-93-53-125-85-29-9-31-87-105(85)101-77-37-38-78(121-77)102-80-40-42-82(123-80)104-84-44-43-83(124-84)103(81-41-39-79(101)122-81)107-89(129-57-97-95(55-127-87)135-110(137-97,63-15-3-23-71(115)47-63)64-16-4-24-72(116)48-64)33-11-35-91(107)131-59-99-100(140-112(139-99,67-19-7-27-75(119)51-67)68-20-8-28-76(120)52-68)60-132-92-36-12-34-90(108(92)104)130-58-98-96(56-128-88-32-10-30-86(106(88)102)126-54-94(93)134-109)136-111(138-98,65-17-5-25-73(117)49-65)66-18-6-26-74(118)50-66/h1-52,93-100,121,124H,53-60H2/t93-,94-,95-,96+,97-,98+,99-,100-/m0/s1. The van der Waals surface area contributed by atoms with Crippen LogP contribution < -0.4 is 48.6 Å². The van der Waals surface area contributed by atoms with Gasteiger partial charge < -0.3 is 85.8 Å². The topological polar surface area (TPSA) is 204 Å². The van der Waals surface area contributed by atoms with Crippen LogP contribution in [-0.4, -0.2) is 123 Å². The molecule has 698 valence electrons. The third kappa shape index (κ3) is 15.8. The molecule has 2 N–H and O–H groups in total. The quantitative estimate of drug-likeness (QED) is 0.145. The molecule has 13 heterocycles. The highest BCUT2D eigenvalue weighted by Gasteiger charge is 2.57. The SMILES string of the molecule is Clc1cccc(C2(c3cccc(Cl)c3)O[C@H]3COc4cccc5c4C4=C6C=CC(=N6)C6=c7ccc([nH]7)=C7C8=NC(=C(c9ccc4[nH]9)c4c(cccc4OC[C@H]4OC(c9cccc(Cl)c9)(c9cccc(Cl)c9)O[C@@H]4COc4cccc(c47)OC[C@@H]4OC(c7cccc(Cl)c7)(c7cccc(Cl)c7)O[C@H]4COc4cccc(c46)OC[C@@H]4OC(c6cccc(Cl)c6)(c6cccc(Cl)c6)O[C@H]4CO5)OC[C@@H]3O2)C=C8)c1. The number of ether oxygens (including phenoxy) is 16. The minimum Gasteiger partial charge on any atom is -0.490 e. The highest BCUT2D eigenvalue weighted by atomic mass is 35.5. The Morgan fingerprint density at radius 3 is 0.607 bits per heavy atom. The lowest BCUT2D eigenvalue weighted by Crippen LogP contribution is -2.35. The van der Waals surface area contributed by atoms with Crippen LogP contribution in [0.4, 0.5) is 0 Å². The molecule has 8 atom stereocenters. The van der Waals surface area contributed by atoms with E-state index >= 15 is 0 Å². The average molecular weight is 2020 g/mol. The van der Waals surface area contributed by atoms with Gasteiger partial charge in [0.1, 0.15) is 148 Å². The number of nitrogens with zero attached hydrogens (tertiary/aromatic N) is 2. The van der Waals surface area contributed by atoms with Crippen LogP contribution in [0.15, 0.2) is 337 Å². The Hall–Kier alpha value is -12.4. The summed E-state index contributed by atoms with van der Waals surface area (Å²) in [6, 6.07) is 89.6. The fourth-order valence-corrected chi connectivity index (χ4v) is 22.0. The van der Waals surface area contributed by atoms with E-state index in [4.69, 9.17) is 179 Å². The highest BCUT2D eigenvalue weighted by Crippen LogP contribution is 2.56. The fourth-order valence-electron chi connectivity index (χ4n) is 20.5. The summed E-state index contributed by atoms with van der Waals surface area (Å²) in [6.45, 7) is -1.49. The molecule has 0 aliphatic carbocycles. The van der Waals surface area contributed by atoms with Crippen LogP contribution in [0.25, 0.3) is 22.3 Å². The maximum Gasteiger partial charge on any atom is 0.223 e. The molecule has 11 aliphatic heterocycles. The molecule has 2 aromatic heterocycles. The first-order valence-electron chi connectivity index (χ1n) is 45.7. The normalized spacial score (nSPS) is 22.5. The summed E-state index contributed by atoms with van der Waals surface area (Å²) in [6.07, 6.45) is 0.000665. The van der Waals surface area contributed by atoms with E-state index in [1.165, 1.54) is 0 Å². The Morgan fingerprint density at radius 2 is 0.407 bits per heavy atom. The average Bonchev–Trinajstić information content (AvgIpc) is 1.63. The molecule has 3 fully saturated rings. The number of rotatable bonds is 8. The monoisotopic (exact) mass is 2010 g/mol. The van der Waals surface area contributed by atoms with Gasteiger partial charge in [0.05, 0.1) is 45.1 Å². The van der Waals surface area contributed by atoms with Gasteiger partial charge in [0, 0.05) is 129 Å². The van der Waals surface area contributed by atoms with E-state index < -0.39 is 72.0 Å². The van der Waals surface area contributed by atoms with E-state index in [-0.39, 0.29) is 52.9 Å². The van der Waals surface area contributed by atoms with Gasteiger partial charge in [-0.1, -0.05) is 214 Å². The summed E-state index contributed by atoms with van der Waals surface area (Å²) in [5.74, 6) is -4.15. The smallest absolute Gasteiger partial charge is 0.223 e. The summed E-state index contributed by atoms with van der Waals surface area (Å²) < 4.78 is 122. The molecule has 3 saturated heterocycles. The molecule has 0 saturated carbocycles. The largest absolute Gasteiger partial charge is 0.490 e. The molecule has 25 rings (SSSR count). The van der Waals surface area contributed by atoms with Gasteiger partial charge >= 0.3 is 0 Å². The molecule has 12 aromatic carbocycles. The molecule has 28 heteroatoms. The van der Waals surface area contributed by atoms with Crippen LogP contribution in [0.1, 0.15) is 78.1 Å². The molecule has 140 heavy (non-hydrogen) atoms. The maximum absolute atomic E-state index is 7.66. The number of H-pyrrole nitrogens is 2. The number of nitrogens with one attached hydrogen (secondary N) is 2. The molecule has 20 nitrogen and oxygen atoms in total. The first kappa shape index (κ1) is 89.0. The van der Waals surface area contributed by atoms with Crippen LogP contribution in [0.3, 0.4) is 0 Å². The highest BCUT2D eigenvalue weighted by molar-refractivity contribution is 6.35. The number of aromatic amines is 2. The fraction of sp³-hybridized carbons (Fsp3) is 0.179. The second-order valence-electron chi connectivity index (χ2n) is 35.3. The van der Waals surface area contributed by atoms with Gasteiger partial charge in [0.2, 0.25) is 23.1 Å². The summed E-state index contributed by atoms with van der Waals surface area (Å²) >= 11 is 56.5. The minimum atomic E-state index is -1.71. The molecule has 0 spiro atoms. The Labute approximate surface area is 842 Å². The molecular weight excluding hydrogens is 1940 g/mol. The first-order valence-corrected chi connectivity index (χ1v) is 48.7. The zero-order chi connectivity index (χ0) is 94.3. The zero-order valence-corrected chi connectivity index (χ0v) is 79.8. The number of benzene rings is 12. The maximum atomic E-state index is 7.66. The van der Waals surface area contributed by atoms with Crippen LogP contribution in [0, 0.1) is 0 Å². The van der Waals surface area contributed by atoms with Gasteiger partial charge in [-0.15, -0.1) is 0 Å². The van der Waals surface area contributed by atoms with Gasteiger partial charge in [-0.2, -0.15) is 0 Å². The third-order valence-electron chi connectivity index (χ3n) is 26.8. The van der Waals surface area contributed by atoms with Crippen molar-refractivity contribution in [3.63, 3.8) is 0 Å². The van der Waals surface area contributed by atoms with E-state index in [0.29, 0.717) is 220 Å². The lowest BCUT2D eigenvalue weighted by Gasteiger charge is -2.30. The lowest BCUT2D eigenvalue weighted by molar-refractivity contribution is -0.155. The summed E-state index contributed by atoms with van der Waals surface area (Å²) in [5.41, 5.74) is 11.1. The van der Waals surface area contributed by atoms with Gasteiger partial charge in [-0.25, -0.2) is 9.98 Å². The van der Waals surface area contributed by atoms with E-state index in [0.717, 1.165) is 0 Å². The number of halogens is 8. The molecule has 0 radical (unpaired) electrons. The van der Waals surface area contributed by atoms with Crippen molar-refractivity contribution in [2.75, 3.05) is 52.9 Å². The number of hydrogen-bond acceptors (Lipinski definition) is 18. The van der Waals surface area contributed by atoms with Crippen molar-refractivity contribution in [3.05, 3.63) is 456 Å². The zero-order valence-electron chi connectivity index (χ0n) is 73.7. The van der Waals surface area contributed by atoms with Gasteiger partial charge in [0.15, 0.2) is 0 Å². The van der Waals surface area contributed by atoms with E-state index in [1.54, 1.807) is 48.5 Å². The summed E-state index contributed by atoms with van der Waals surface area (Å²) in [4.78, 5) is 20.0. The van der Waals surface area contributed by atoms with Crippen molar-refractivity contribution in [2.45, 2.75) is 72.0 Å². The molecular formula is C112H78Cl8N4O16. The number of aliphatic imine (C=N–C) groups is 2. The Bertz CT molecular complexity index is 7200. The number of hydrogen-bond donors (Lipinski definition) is 2. The predicted molar refractivity (Wildman–Crippen MR) is 534 cm³/mol. The van der Waals surface area contributed by atoms with E-state index in [1.807, 2.05) is 267 Å². The van der Waals surface area contributed by atoms with Gasteiger partial charge in [-0.05, 0) is 194 Å². The Balaban J connectivity index is 0.788. The third-order valence-corrected chi connectivity index (χ3v) is 28.6. The second-order valence-corrected chi connectivity index (χ2v) is 38.8. The summed E-state index contributed by atoms with van der Waals surface area (Å²) in [5, 5.41) is 4.47. The van der Waals surface area contributed by atoms with E-state index in [9.17, 15) is 0 Å². The summed E-state index contributed by atoms with van der Waals surface area (Å²) in [7, 11) is 0. The molecule has 11 aliphatic rings. The Kier molecular flexibility index (Phi) is 22.9. The predicted octanol–water partition coefficient (Wildman–Crippen LogP) is 23.0. The number of fused-ring (bicyclic) bond motifs is 15. The molecule has 0 unspecified atom stereocenters. The van der Waals surface area contributed by atoms with Crippen molar-refractivity contribution in [3.8, 4) is 46.0 Å². The van der Waals surface area contributed by atoms with Crippen molar-refractivity contribution >= 4 is 127 Å². The van der Waals surface area contributed by atoms with Crippen molar-refractivity contribution in [1.82, 2.24) is 9.97 Å². The Morgan fingerprint density at radius 1 is 0.214 bits per heavy atom.